The van der Waals surface area contributed by atoms with Crippen LogP contribution in [0.2, 0.25) is 10.3 Å². The number of rotatable bonds is 2. The molecule has 0 bridgehead atoms. The van der Waals surface area contributed by atoms with E-state index in [1.165, 1.54) is 0 Å². The molecule has 1 heterocycles. The van der Waals surface area contributed by atoms with Crippen LogP contribution < -0.4 is 0 Å². The first-order valence-corrected chi connectivity index (χ1v) is 6.71. The number of halogens is 2. The molecule has 0 radical (unpaired) electrons. The zero-order chi connectivity index (χ0) is 14.1. The maximum atomic E-state index is 6.95. The van der Waals surface area contributed by atoms with Crippen LogP contribution in [0.15, 0.2) is 42.5 Å². The highest BCUT2D eigenvalue weighted by Crippen LogP contribution is 2.27. The molecule has 5 heteroatoms. The third kappa shape index (κ3) is 2.24. The lowest BCUT2D eigenvalue weighted by atomic mass is 10.2. The molecule has 0 saturated heterocycles. The van der Waals surface area contributed by atoms with Gasteiger partial charge in [-0.1, -0.05) is 41.9 Å². The lowest BCUT2D eigenvalue weighted by molar-refractivity contribution is 0.826. The van der Waals surface area contributed by atoms with Crippen LogP contribution in [0.1, 0.15) is 5.56 Å². The summed E-state index contributed by atoms with van der Waals surface area (Å²) in [5, 5.41) is 0.994. The number of fused-ring (bicyclic) bond motifs is 1. The molecule has 0 amide bonds. The number of hydrogen-bond acceptors (Lipinski definition) is 1. The van der Waals surface area contributed by atoms with Gasteiger partial charge in [0.15, 0.2) is 5.69 Å². The highest BCUT2D eigenvalue weighted by atomic mass is 35.5. The fraction of sp³-hybridized carbons (Fsp3) is 0.0667. The van der Waals surface area contributed by atoms with Crippen molar-refractivity contribution in [3.8, 4) is 0 Å². The predicted octanol–water partition coefficient (Wildman–Crippen LogP) is 4.94. The molecule has 0 aliphatic carbocycles. The van der Waals surface area contributed by atoms with E-state index in [0.29, 0.717) is 28.1 Å². The van der Waals surface area contributed by atoms with Crippen molar-refractivity contribution in [1.82, 2.24) is 9.55 Å². The second-order valence-corrected chi connectivity index (χ2v) is 5.10. The Morgan fingerprint density at radius 2 is 1.85 bits per heavy atom. The number of para-hydroxylation sites is 1. The van der Waals surface area contributed by atoms with E-state index in [0.717, 1.165) is 11.1 Å². The van der Waals surface area contributed by atoms with Crippen molar-refractivity contribution in [3.05, 3.63) is 69.8 Å². The molecule has 3 nitrogen and oxygen atoms in total. The van der Waals surface area contributed by atoms with E-state index in [1.54, 1.807) is 18.2 Å². The maximum Gasteiger partial charge on any atom is 0.204 e. The SMILES string of the molecule is [C-]#[N+]c1ccc(Cn2c(Cl)nc3c(Cl)cccc32)cc1. The maximum absolute atomic E-state index is 6.95. The number of aromatic nitrogens is 2. The van der Waals surface area contributed by atoms with E-state index in [-0.39, 0.29) is 0 Å². The highest BCUT2D eigenvalue weighted by Gasteiger charge is 2.11. The van der Waals surface area contributed by atoms with Gasteiger partial charge < -0.3 is 4.57 Å². The van der Waals surface area contributed by atoms with Crippen LogP contribution in [-0.4, -0.2) is 9.55 Å². The highest BCUT2D eigenvalue weighted by molar-refractivity contribution is 6.35. The van der Waals surface area contributed by atoms with Crippen LogP contribution in [-0.2, 0) is 6.54 Å². The van der Waals surface area contributed by atoms with Crippen molar-refractivity contribution < 1.29 is 0 Å². The summed E-state index contributed by atoms with van der Waals surface area (Å²) in [6.07, 6.45) is 0. The summed E-state index contributed by atoms with van der Waals surface area (Å²) < 4.78 is 1.90. The van der Waals surface area contributed by atoms with Gasteiger partial charge in [-0.3, -0.25) is 0 Å². The molecule has 0 aliphatic rings. The van der Waals surface area contributed by atoms with Gasteiger partial charge in [-0.25, -0.2) is 9.83 Å². The lowest BCUT2D eigenvalue weighted by Crippen LogP contribution is -1.99. The van der Waals surface area contributed by atoms with Crippen molar-refractivity contribution in [2.24, 2.45) is 0 Å². The standard InChI is InChI=1S/C15H9Cl2N3/c1-18-11-7-5-10(6-8-11)9-20-13-4-2-3-12(16)14(13)19-15(20)17/h2-8H,9H2. The largest absolute Gasteiger partial charge is 0.310 e. The van der Waals surface area contributed by atoms with Crippen molar-refractivity contribution in [1.29, 1.82) is 0 Å². The Bertz CT molecular complexity index is 813. The van der Waals surface area contributed by atoms with E-state index in [2.05, 4.69) is 9.83 Å². The third-order valence-corrected chi connectivity index (χ3v) is 3.68. The molecule has 0 spiro atoms. The molecular weight excluding hydrogens is 293 g/mol. The fourth-order valence-corrected chi connectivity index (χ4v) is 2.54. The van der Waals surface area contributed by atoms with Gasteiger partial charge in [0.2, 0.25) is 5.28 Å². The summed E-state index contributed by atoms with van der Waals surface area (Å²) in [7, 11) is 0. The lowest BCUT2D eigenvalue weighted by Gasteiger charge is -2.06. The third-order valence-electron chi connectivity index (χ3n) is 3.09. The monoisotopic (exact) mass is 301 g/mol. The molecule has 0 N–H and O–H groups in total. The summed E-state index contributed by atoms with van der Waals surface area (Å²) in [6.45, 7) is 7.54. The van der Waals surface area contributed by atoms with Gasteiger partial charge in [0, 0.05) is 0 Å². The molecule has 1 aromatic heterocycles. The Kier molecular flexibility index (Phi) is 3.35. The smallest absolute Gasteiger partial charge is 0.204 e. The average molecular weight is 302 g/mol. The predicted molar refractivity (Wildman–Crippen MR) is 81.6 cm³/mol. The van der Waals surface area contributed by atoms with Crippen LogP contribution in [0.5, 0.6) is 0 Å². The zero-order valence-electron chi connectivity index (χ0n) is 10.3. The van der Waals surface area contributed by atoms with Crippen LogP contribution in [0.25, 0.3) is 15.9 Å². The Morgan fingerprint density at radius 3 is 2.55 bits per heavy atom. The van der Waals surface area contributed by atoms with Gasteiger partial charge in [0.05, 0.1) is 23.7 Å². The molecular formula is C15H9Cl2N3. The van der Waals surface area contributed by atoms with Crippen molar-refractivity contribution in [2.45, 2.75) is 6.54 Å². The molecule has 20 heavy (non-hydrogen) atoms. The normalized spacial score (nSPS) is 10.7. The number of benzene rings is 2. The van der Waals surface area contributed by atoms with Gasteiger partial charge in [0.25, 0.3) is 0 Å². The number of hydrogen-bond donors (Lipinski definition) is 0. The Balaban J connectivity index is 2.04. The van der Waals surface area contributed by atoms with Crippen molar-refractivity contribution >= 4 is 39.9 Å². The quantitative estimate of drug-likeness (QED) is 0.614. The van der Waals surface area contributed by atoms with Crippen LogP contribution in [0, 0.1) is 6.57 Å². The molecule has 0 fully saturated rings. The molecule has 2 aromatic carbocycles. The van der Waals surface area contributed by atoms with Crippen molar-refractivity contribution in [2.75, 3.05) is 0 Å². The first-order chi connectivity index (χ1) is 9.69. The van der Waals surface area contributed by atoms with Crippen LogP contribution in [0.4, 0.5) is 5.69 Å². The molecule has 3 aromatic rings. The minimum Gasteiger partial charge on any atom is -0.310 e. The minimum absolute atomic E-state index is 0.405. The van der Waals surface area contributed by atoms with Crippen LogP contribution >= 0.6 is 23.2 Å². The Morgan fingerprint density at radius 1 is 1.10 bits per heavy atom. The summed E-state index contributed by atoms with van der Waals surface area (Å²) in [5.41, 5.74) is 3.28. The fourth-order valence-electron chi connectivity index (χ4n) is 2.09. The molecule has 98 valence electrons. The summed E-state index contributed by atoms with van der Waals surface area (Å²) in [4.78, 5) is 7.67. The summed E-state index contributed by atoms with van der Waals surface area (Å²) in [6, 6.07) is 13.0. The summed E-state index contributed by atoms with van der Waals surface area (Å²) in [5.74, 6) is 0. The van der Waals surface area contributed by atoms with E-state index in [9.17, 15) is 0 Å². The topological polar surface area (TPSA) is 22.2 Å². The first kappa shape index (κ1) is 13.0. The van der Waals surface area contributed by atoms with Crippen molar-refractivity contribution in [3.63, 3.8) is 0 Å². The Labute approximate surface area is 126 Å². The van der Waals surface area contributed by atoms with E-state index < -0.39 is 0 Å². The minimum atomic E-state index is 0.405. The van der Waals surface area contributed by atoms with Gasteiger partial charge in [0.1, 0.15) is 5.52 Å². The Hall–Kier alpha value is -2.02. The number of imidazole rings is 1. The van der Waals surface area contributed by atoms with Gasteiger partial charge in [-0.15, -0.1) is 0 Å². The van der Waals surface area contributed by atoms with Gasteiger partial charge in [-0.05, 0) is 29.3 Å². The first-order valence-electron chi connectivity index (χ1n) is 5.95. The van der Waals surface area contributed by atoms with Crippen LogP contribution in [0.3, 0.4) is 0 Å². The van der Waals surface area contributed by atoms with E-state index in [1.807, 2.05) is 28.8 Å². The zero-order valence-corrected chi connectivity index (χ0v) is 11.9. The molecule has 0 saturated carbocycles. The molecule has 0 aliphatic heterocycles. The average Bonchev–Trinajstić information content (AvgIpc) is 2.78. The molecule has 0 atom stereocenters. The van der Waals surface area contributed by atoms with E-state index >= 15 is 0 Å². The second-order valence-electron chi connectivity index (χ2n) is 4.35. The summed E-state index contributed by atoms with van der Waals surface area (Å²) >= 11 is 12.3. The van der Waals surface area contributed by atoms with Gasteiger partial charge >= 0.3 is 0 Å². The molecule has 0 unspecified atom stereocenters. The van der Waals surface area contributed by atoms with E-state index in [4.69, 9.17) is 29.8 Å². The molecule has 3 rings (SSSR count). The second kappa shape index (κ2) is 5.16. The number of nitrogens with zero attached hydrogens (tertiary/aromatic N) is 3. The van der Waals surface area contributed by atoms with Gasteiger partial charge in [-0.2, -0.15) is 0 Å².